The van der Waals surface area contributed by atoms with Crippen molar-refractivity contribution in [2.75, 3.05) is 6.61 Å². The van der Waals surface area contributed by atoms with Gasteiger partial charge < -0.3 is 20.3 Å². The quantitative estimate of drug-likeness (QED) is 0.0245. The largest absolute Gasteiger partial charge is 0.462 e. The lowest BCUT2D eigenvalue weighted by molar-refractivity contribution is -0.151. The number of hydrogen-bond acceptors (Lipinski definition) is 5. The zero-order valence-electron chi connectivity index (χ0n) is 41.2. The molecule has 6 heteroatoms. The van der Waals surface area contributed by atoms with E-state index in [4.69, 9.17) is 4.74 Å². The predicted molar refractivity (Wildman–Crippen MR) is 273 cm³/mol. The minimum atomic E-state index is -0.805. The van der Waals surface area contributed by atoms with Gasteiger partial charge in [-0.15, -0.1) is 0 Å². The van der Waals surface area contributed by atoms with Crippen LogP contribution in [-0.4, -0.2) is 46.9 Å². The lowest BCUT2D eigenvalue weighted by Gasteiger charge is -2.24. The Morgan fingerprint density at radius 2 is 0.921 bits per heavy atom. The van der Waals surface area contributed by atoms with E-state index in [9.17, 15) is 19.8 Å². The highest BCUT2D eigenvalue weighted by Gasteiger charge is 2.24. The third-order valence-electron chi connectivity index (χ3n) is 11.6. The van der Waals surface area contributed by atoms with E-state index in [0.29, 0.717) is 19.3 Å². The third kappa shape index (κ3) is 45.4. The Bertz CT molecular complexity index is 1210. The summed E-state index contributed by atoms with van der Waals surface area (Å²) in [6.07, 6.45) is 64.9. The van der Waals surface area contributed by atoms with Crippen LogP contribution in [0.2, 0.25) is 0 Å². The number of carbonyl (C=O) groups is 2. The van der Waals surface area contributed by atoms with Gasteiger partial charge in [-0.3, -0.25) is 9.59 Å². The number of aliphatic hydroxyl groups is 2. The van der Waals surface area contributed by atoms with Gasteiger partial charge in [0, 0.05) is 6.42 Å². The zero-order valence-corrected chi connectivity index (χ0v) is 41.2. The van der Waals surface area contributed by atoms with Gasteiger partial charge in [0.15, 0.2) is 0 Å². The summed E-state index contributed by atoms with van der Waals surface area (Å²) in [4.78, 5) is 26.2. The van der Waals surface area contributed by atoms with Crippen molar-refractivity contribution < 1.29 is 24.5 Å². The van der Waals surface area contributed by atoms with Crippen molar-refractivity contribution in [2.45, 2.75) is 257 Å². The Morgan fingerprint density at radius 3 is 1.48 bits per heavy atom. The van der Waals surface area contributed by atoms with Gasteiger partial charge in [-0.2, -0.15) is 0 Å². The van der Waals surface area contributed by atoms with Gasteiger partial charge in [0.2, 0.25) is 5.91 Å². The number of unbranched alkanes of at least 4 members (excludes halogenated alkanes) is 23. The number of nitrogens with one attached hydrogen (secondary N) is 1. The Labute approximate surface area is 389 Å². The molecule has 3 atom stereocenters. The van der Waals surface area contributed by atoms with E-state index in [1.54, 1.807) is 0 Å². The molecule has 362 valence electrons. The second kappa shape index (κ2) is 50.0. The molecule has 0 aliphatic heterocycles. The van der Waals surface area contributed by atoms with E-state index >= 15 is 0 Å². The molecule has 0 spiro atoms. The van der Waals surface area contributed by atoms with Crippen LogP contribution in [0, 0.1) is 0 Å². The molecule has 0 bridgehead atoms. The first kappa shape index (κ1) is 60.0. The monoisotopic (exact) mass is 878 g/mol. The normalized spacial score (nSPS) is 13.9. The summed E-state index contributed by atoms with van der Waals surface area (Å²) in [5.41, 5.74) is 0. The number of rotatable bonds is 46. The summed E-state index contributed by atoms with van der Waals surface area (Å²) in [6, 6.07) is -0.722. The Morgan fingerprint density at radius 1 is 0.492 bits per heavy atom. The number of hydrogen-bond donors (Lipinski definition) is 3. The highest BCUT2D eigenvalue weighted by atomic mass is 16.5. The molecule has 0 heterocycles. The molecule has 6 nitrogen and oxygen atoms in total. The number of allylic oxidation sites excluding steroid dienone is 14. The number of carbonyl (C=O) groups excluding carboxylic acids is 2. The molecule has 3 unspecified atom stereocenters. The minimum Gasteiger partial charge on any atom is -0.462 e. The summed E-state index contributed by atoms with van der Waals surface area (Å²) in [7, 11) is 0. The Hall–Kier alpha value is -2.96. The smallest absolute Gasteiger partial charge is 0.306 e. The molecule has 0 aliphatic carbocycles. The van der Waals surface area contributed by atoms with Crippen LogP contribution in [0.5, 0.6) is 0 Å². The molecule has 63 heavy (non-hydrogen) atoms. The second-order valence-electron chi connectivity index (χ2n) is 17.6. The van der Waals surface area contributed by atoms with Crippen molar-refractivity contribution in [3.63, 3.8) is 0 Å². The van der Waals surface area contributed by atoms with E-state index in [1.807, 2.05) is 30.4 Å². The summed E-state index contributed by atoms with van der Waals surface area (Å²) in [6.45, 7) is 6.30. The van der Waals surface area contributed by atoms with Gasteiger partial charge in [0.05, 0.1) is 25.2 Å². The first-order chi connectivity index (χ1) is 31.0. The number of ether oxygens (including phenoxy) is 1. The van der Waals surface area contributed by atoms with Crippen molar-refractivity contribution in [1.29, 1.82) is 0 Å². The number of amides is 1. The molecular weight excluding hydrogens is 779 g/mol. The van der Waals surface area contributed by atoms with E-state index in [-0.39, 0.29) is 24.9 Å². The van der Waals surface area contributed by atoms with Crippen LogP contribution in [-0.2, 0) is 14.3 Å². The number of esters is 1. The molecule has 0 aromatic rings. The maximum atomic E-state index is 13.2. The fraction of sp³-hybridized carbons (Fsp3) is 0.719. The van der Waals surface area contributed by atoms with Gasteiger partial charge in [-0.25, -0.2) is 0 Å². The highest BCUT2D eigenvalue weighted by Crippen LogP contribution is 2.17. The van der Waals surface area contributed by atoms with E-state index < -0.39 is 18.2 Å². The topological polar surface area (TPSA) is 95.9 Å². The molecule has 0 aromatic carbocycles. The lowest BCUT2D eigenvalue weighted by Crippen LogP contribution is -2.46. The summed E-state index contributed by atoms with van der Waals surface area (Å²) in [5, 5.41) is 23.8. The SMILES string of the molecule is CC/C=C/C=C/C=C\C=C/CCCCCC(=O)OC(CCCCCC/C=C\C/C=C\C/C=C\CCCCC)CC(=O)NC(CO)C(O)CCCCCCCCCCCCCCCC. The summed E-state index contributed by atoms with van der Waals surface area (Å²) < 4.78 is 5.91. The van der Waals surface area contributed by atoms with Gasteiger partial charge in [-0.05, 0) is 83.5 Å². The second-order valence-corrected chi connectivity index (χ2v) is 17.6. The molecule has 0 radical (unpaired) electrons. The average molecular weight is 878 g/mol. The molecule has 0 saturated heterocycles. The van der Waals surface area contributed by atoms with Crippen LogP contribution in [0.25, 0.3) is 0 Å². The molecule has 0 saturated carbocycles. The first-order valence-electron chi connectivity index (χ1n) is 26.4. The molecule has 0 fully saturated rings. The van der Waals surface area contributed by atoms with Crippen LogP contribution in [0.1, 0.15) is 239 Å². The van der Waals surface area contributed by atoms with Crippen LogP contribution in [0.3, 0.4) is 0 Å². The Balaban J connectivity index is 4.69. The van der Waals surface area contributed by atoms with Crippen molar-refractivity contribution in [3.05, 3.63) is 85.1 Å². The average Bonchev–Trinajstić information content (AvgIpc) is 3.28. The standard InChI is InChI=1S/C57H99NO5/c1-4-7-10-13-16-19-22-25-27-28-29-31-33-36-39-42-45-48-53(63-57(62)50-47-44-41-38-35-30-24-21-18-15-12-9-6-3)51-56(61)58-54(52-59)55(60)49-46-43-40-37-34-32-26-23-20-17-14-11-8-5-2/h9,12,15-16,18-19,21,24-25,27,29-31,35,53-55,59-60H,4-8,10-11,13-14,17,20,22-23,26,28,32-34,36-52H2,1-3H3,(H,58,61)/b12-9+,18-15+,19-16-,24-21-,27-25-,31-29-,35-30-. The van der Waals surface area contributed by atoms with Crippen molar-refractivity contribution in [2.24, 2.45) is 0 Å². The van der Waals surface area contributed by atoms with Crippen molar-refractivity contribution in [1.82, 2.24) is 5.32 Å². The molecule has 1 amide bonds. The number of aliphatic hydroxyl groups excluding tert-OH is 2. The Kier molecular flexibility index (Phi) is 47.7. The molecule has 0 aromatic heterocycles. The van der Waals surface area contributed by atoms with E-state index in [0.717, 1.165) is 96.3 Å². The third-order valence-corrected chi connectivity index (χ3v) is 11.6. The van der Waals surface area contributed by atoms with E-state index in [2.05, 4.69) is 80.8 Å². The fourth-order valence-corrected chi connectivity index (χ4v) is 7.56. The van der Waals surface area contributed by atoms with Crippen LogP contribution < -0.4 is 5.32 Å². The van der Waals surface area contributed by atoms with Gasteiger partial charge >= 0.3 is 5.97 Å². The van der Waals surface area contributed by atoms with Crippen LogP contribution >= 0.6 is 0 Å². The highest BCUT2D eigenvalue weighted by molar-refractivity contribution is 5.77. The predicted octanol–water partition coefficient (Wildman–Crippen LogP) is 16.0. The maximum Gasteiger partial charge on any atom is 0.306 e. The van der Waals surface area contributed by atoms with Crippen molar-refractivity contribution >= 4 is 11.9 Å². The first-order valence-corrected chi connectivity index (χ1v) is 26.4. The zero-order chi connectivity index (χ0) is 45.9. The summed E-state index contributed by atoms with van der Waals surface area (Å²) >= 11 is 0. The van der Waals surface area contributed by atoms with Gasteiger partial charge in [0.25, 0.3) is 0 Å². The van der Waals surface area contributed by atoms with Gasteiger partial charge in [0.1, 0.15) is 6.10 Å². The van der Waals surface area contributed by atoms with Crippen molar-refractivity contribution in [3.8, 4) is 0 Å². The molecule has 0 rings (SSSR count). The van der Waals surface area contributed by atoms with Crippen LogP contribution in [0.15, 0.2) is 85.1 Å². The molecule has 3 N–H and O–H groups in total. The minimum absolute atomic E-state index is 0.0428. The van der Waals surface area contributed by atoms with Gasteiger partial charge in [-0.1, -0.05) is 228 Å². The van der Waals surface area contributed by atoms with E-state index in [1.165, 1.54) is 96.3 Å². The summed E-state index contributed by atoms with van der Waals surface area (Å²) in [5.74, 6) is -0.545. The van der Waals surface area contributed by atoms with Crippen LogP contribution in [0.4, 0.5) is 0 Å². The fourth-order valence-electron chi connectivity index (χ4n) is 7.56. The lowest BCUT2D eigenvalue weighted by atomic mass is 10.0. The maximum absolute atomic E-state index is 13.2. The molecular formula is C57H99NO5. The molecule has 0 aliphatic rings.